The van der Waals surface area contributed by atoms with E-state index >= 15 is 0 Å². The highest BCUT2D eigenvalue weighted by Crippen LogP contribution is 2.26. The molecular weight excluding hydrogens is 905 g/mol. The fraction of sp³-hybridized carbons (Fsp3) is 0.604. The third-order valence-corrected chi connectivity index (χ3v) is 12.6. The summed E-state index contributed by atoms with van der Waals surface area (Å²) in [7, 11) is 3.37. The highest BCUT2D eigenvalue weighted by molar-refractivity contribution is 5.97. The predicted octanol–water partition coefficient (Wildman–Crippen LogP) is 1.72. The largest absolute Gasteiger partial charge is 0.508 e. The Morgan fingerprint density at radius 2 is 1.59 bits per heavy atom. The van der Waals surface area contributed by atoms with Crippen molar-refractivity contribution < 1.29 is 43.7 Å². The molecule has 0 saturated carbocycles. The summed E-state index contributed by atoms with van der Waals surface area (Å²) < 4.78 is 0. The van der Waals surface area contributed by atoms with E-state index in [1.807, 2.05) is 13.8 Å². The minimum absolute atomic E-state index is 0.00981. The maximum atomic E-state index is 14.7. The summed E-state index contributed by atoms with van der Waals surface area (Å²) in [5.41, 5.74) is 7.23. The Bertz CT molecular complexity index is 2150. The molecule has 1 aromatic heterocycles. The third kappa shape index (κ3) is 18.7. The Kier molecular flexibility index (Phi) is 23.1. The standard InChI is InChI=1S/C48H74N12O10/c1-10-29(4)37(46(67)56-40(22-34-25-50-27-52-34)47(68)59-20-12-14-41(59)31(6)53-30(5)32(7)61)24-43(64)39(21-33-15-17-35(62)18-16-33)55-45(66)36(28(2)3)23-42(63)38(54-44(65)26-58(8)9)13-11-19-51-48(49)57-60(69)70/h15-18,25,27-30,36-41,53,62H,6,10-14,19-24,26H2,1-5,7-9H3,(H,50,52)(H,54,65)(H,55,66)(H,56,67)(H3,49,51,57)/t29?,30-,36+,37+,38+,39+,40+,41?/m1/s1. The number of Topliss-reactive ketones (excluding diaryl/α,β-unsaturated/α-hetero) is 3. The van der Waals surface area contributed by atoms with Gasteiger partial charge in [0, 0.05) is 61.8 Å². The number of hydrazone groups is 1. The molecule has 9 N–H and O–H groups in total. The van der Waals surface area contributed by atoms with Crippen molar-refractivity contribution in [1.29, 1.82) is 0 Å². The van der Waals surface area contributed by atoms with Crippen LogP contribution in [0.1, 0.15) is 97.7 Å². The highest BCUT2D eigenvalue weighted by Gasteiger charge is 2.39. The molecule has 22 nitrogen and oxygen atoms in total. The zero-order valence-corrected chi connectivity index (χ0v) is 41.8. The second-order valence-electron chi connectivity index (χ2n) is 18.8. The maximum Gasteiger partial charge on any atom is 0.266 e. The van der Waals surface area contributed by atoms with Crippen LogP contribution in [0.25, 0.3) is 0 Å². The zero-order valence-electron chi connectivity index (χ0n) is 41.8. The summed E-state index contributed by atoms with van der Waals surface area (Å²) in [5, 5.41) is 37.0. The molecule has 22 heteroatoms. The van der Waals surface area contributed by atoms with E-state index in [4.69, 9.17) is 5.73 Å². The molecule has 8 atom stereocenters. The van der Waals surface area contributed by atoms with E-state index in [9.17, 15) is 48.8 Å². The van der Waals surface area contributed by atoms with Gasteiger partial charge in [-0.1, -0.05) is 52.8 Å². The van der Waals surface area contributed by atoms with E-state index in [2.05, 4.69) is 48.2 Å². The number of phenolic OH excluding ortho intramolecular Hbond substituents is 1. The van der Waals surface area contributed by atoms with Gasteiger partial charge in [0.2, 0.25) is 23.6 Å². The van der Waals surface area contributed by atoms with Gasteiger partial charge in [-0.05, 0) is 89.6 Å². The molecule has 0 bridgehead atoms. The molecule has 0 spiro atoms. The summed E-state index contributed by atoms with van der Waals surface area (Å²) in [6, 6.07) is 1.87. The number of imidazole rings is 1. The Hall–Kier alpha value is -6.71. The lowest BCUT2D eigenvalue weighted by molar-refractivity contribution is -0.485. The number of nitro groups is 1. The lowest BCUT2D eigenvalue weighted by atomic mass is 9.83. The summed E-state index contributed by atoms with van der Waals surface area (Å²) in [6.07, 6.45) is 4.56. The molecule has 1 aliphatic rings. The van der Waals surface area contributed by atoms with Gasteiger partial charge in [-0.3, -0.25) is 33.6 Å². The number of likely N-dealkylation sites (N-methyl/N-ethyl adjacent to an activating group) is 1. The van der Waals surface area contributed by atoms with Crippen LogP contribution < -0.4 is 32.3 Å². The smallest absolute Gasteiger partial charge is 0.266 e. The van der Waals surface area contributed by atoms with E-state index in [0.29, 0.717) is 42.8 Å². The number of aromatic nitrogens is 2. The number of benzene rings is 1. The molecule has 2 heterocycles. The van der Waals surface area contributed by atoms with E-state index in [1.165, 1.54) is 25.4 Å². The van der Waals surface area contributed by atoms with Gasteiger partial charge < -0.3 is 52.2 Å². The van der Waals surface area contributed by atoms with Crippen molar-refractivity contribution in [1.82, 2.24) is 46.4 Å². The summed E-state index contributed by atoms with van der Waals surface area (Å²) in [5.74, 6) is -6.09. The molecule has 70 heavy (non-hydrogen) atoms. The van der Waals surface area contributed by atoms with Crippen molar-refractivity contribution in [3.05, 3.63) is 70.4 Å². The molecule has 386 valence electrons. The van der Waals surface area contributed by atoms with E-state index in [-0.39, 0.29) is 75.0 Å². The molecule has 1 aliphatic heterocycles. The number of amides is 4. The van der Waals surface area contributed by atoms with Crippen molar-refractivity contribution in [2.45, 2.75) is 130 Å². The number of guanidine groups is 1. The van der Waals surface area contributed by atoms with Gasteiger partial charge in [0.25, 0.3) is 5.96 Å². The molecule has 4 amide bonds. The number of aromatic amines is 1. The minimum Gasteiger partial charge on any atom is -0.508 e. The quantitative estimate of drug-likeness (QED) is 0.0182. The molecular formula is C48H74N12O10. The summed E-state index contributed by atoms with van der Waals surface area (Å²) in [4.78, 5) is 118. The number of nitrogens with two attached hydrogens (primary N) is 1. The first kappa shape index (κ1) is 57.6. The van der Waals surface area contributed by atoms with Gasteiger partial charge in [-0.25, -0.2) is 15.1 Å². The Balaban J connectivity index is 1.91. The van der Waals surface area contributed by atoms with Crippen molar-refractivity contribution in [2.75, 3.05) is 33.7 Å². The number of H-pyrrole nitrogens is 1. The molecule has 0 radical (unpaired) electrons. The van der Waals surface area contributed by atoms with Crippen LogP contribution in [0.3, 0.4) is 0 Å². The molecule has 1 saturated heterocycles. The van der Waals surface area contributed by atoms with Gasteiger partial charge in [0.1, 0.15) is 16.9 Å². The van der Waals surface area contributed by atoms with Crippen LogP contribution in [-0.2, 0) is 46.4 Å². The number of hydrogen-bond acceptors (Lipinski definition) is 13. The van der Waals surface area contributed by atoms with Gasteiger partial charge in [-0.2, -0.15) is 0 Å². The number of likely N-dealkylation sites (tertiary alicyclic amines) is 1. The molecule has 3 rings (SSSR count). The summed E-state index contributed by atoms with van der Waals surface area (Å²) in [6.45, 7) is 15.0. The summed E-state index contributed by atoms with van der Waals surface area (Å²) >= 11 is 0. The zero-order chi connectivity index (χ0) is 52.2. The maximum absolute atomic E-state index is 14.7. The lowest BCUT2D eigenvalue weighted by Crippen LogP contribution is -2.54. The van der Waals surface area contributed by atoms with E-state index < -0.39 is 88.2 Å². The van der Waals surface area contributed by atoms with Crippen molar-refractivity contribution in [3.63, 3.8) is 0 Å². The number of hydrogen-bond donors (Lipinski definition) is 8. The first-order chi connectivity index (χ1) is 33.0. The Morgan fingerprint density at radius 3 is 2.17 bits per heavy atom. The van der Waals surface area contributed by atoms with Gasteiger partial charge in [0.15, 0.2) is 22.4 Å². The SMILES string of the molecule is C=C(N[C@H](C)C(C)=O)C1CCCN1C(=O)[C@H](Cc1cnc[nH]1)NC(=O)[C@@H](CC(=O)[C@H](Cc1ccc(O)cc1)NC(=O)[C@@H](CC(=O)[C@H](CCCN/C(N)=N\[N+](=O)[O-])NC(=O)CN(C)C)C(C)C)C(C)CC. The van der Waals surface area contributed by atoms with Crippen LogP contribution >= 0.6 is 0 Å². The number of nitrogens with one attached hydrogen (secondary N) is 6. The normalized spacial score (nSPS) is 16.8. The van der Waals surface area contributed by atoms with Crippen LogP contribution in [0.15, 0.2) is 54.2 Å². The van der Waals surface area contributed by atoms with Crippen LogP contribution in [0.4, 0.5) is 0 Å². The van der Waals surface area contributed by atoms with Crippen LogP contribution in [-0.4, -0.2) is 141 Å². The third-order valence-electron chi connectivity index (χ3n) is 12.6. The second kappa shape index (κ2) is 28.1. The van der Waals surface area contributed by atoms with Crippen molar-refractivity contribution in [3.8, 4) is 5.75 Å². The first-order valence-electron chi connectivity index (χ1n) is 23.8. The average Bonchev–Trinajstić information content (AvgIpc) is 4.00. The number of rotatable bonds is 30. The van der Waals surface area contributed by atoms with Crippen LogP contribution in [0.5, 0.6) is 5.75 Å². The second-order valence-corrected chi connectivity index (χ2v) is 18.8. The number of nitrogens with zero attached hydrogens (tertiary/aromatic N) is 5. The first-order valence-corrected chi connectivity index (χ1v) is 23.8. The lowest BCUT2D eigenvalue weighted by Gasteiger charge is -2.32. The fourth-order valence-corrected chi connectivity index (χ4v) is 8.23. The topological polar surface area (TPSA) is 317 Å². The Morgan fingerprint density at radius 1 is 0.957 bits per heavy atom. The number of aromatic hydroxyl groups is 1. The molecule has 0 aliphatic carbocycles. The van der Waals surface area contributed by atoms with E-state index in [0.717, 1.165) is 0 Å². The Labute approximate surface area is 410 Å². The van der Waals surface area contributed by atoms with Crippen LogP contribution in [0, 0.1) is 33.8 Å². The van der Waals surface area contributed by atoms with Crippen molar-refractivity contribution >= 4 is 46.9 Å². The minimum atomic E-state index is -1.19. The number of carbonyl (C=O) groups is 7. The molecule has 2 aromatic rings. The fourth-order valence-electron chi connectivity index (χ4n) is 8.23. The molecule has 2 unspecified atom stereocenters. The van der Waals surface area contributed by atoms with Gasteiger partial charge in [-0.15, -0.1) is 0 Å². The van der Waals surface area contributed by atoms with Crippen molar-refractivity contribution in [2.24, 2.45) is 34.5 Å². The number of ketones is 3. The highest BCUT2D eigenvalue weighted by atomic mass is 16.7. The van der Waals surface area contributed by atoms with E-state index in [1.54, 1.807) is 63.0 Å². The number of carbonyl (C=O) groups excluding carboxylic acids is 7. The van der Waals surface area contributed by atoms with Gasteiger partial charge >= 0.3 is 0 Å². The molecule has 1 aromatic carbocycles. The monoisotopic (exact) mass is 979 g/mol. The predicted molar refractivity (Wildman–Crippen MR) is 262 cm³/mol. The molecule has 1 fully saturated rings. The average molecular weight is 979 g/mol. The van der Waals surface area contributed by atoms with Crippen LogP contribution in [0.2, 0.25) is 0 Å². The number of phenols is 1. The van der Waals surface area contributed by atoms with Gasteiger partial charge in [0.05, 0.1) is 37.0 Å².